The van der Waals surface area contributed by atoms with E-state index in [1.165, 1.54) is 18.2 Å². The molecule has 0 aromatic heterocycles. The van der Waals surface area contributed by atoms with Crippen molar-refractivity contribution >= 4 is 38.9 Å². The van der Waals surface area contributed by atoms with Gasteiger partial charge in [0.2, 0.25) is 0 Å². The van der Waals surface area contributed by atoms with E-state index in [4.69, 9.17) is 23.2 Å². The predicted octanol–water partition coefficient (Wildman–Crippen LogP) is 4.65. The highest BCUT2D eigenvalue weighted by atomic mass is 35.5. The summed E-state index contributed by atoms with van der Waals surface area (Å²) in [6.07, 6.45) is 1.28. The zero-order chi connectivity index (χ0) is 17.2. The van der Waals surface area contributed by atoms with Crippen LogP contribution in [0.4, 0.5) is 14.5 Å². The van der Waals surface area contributed by atoms with Gasteiger partial charge in [0.1, 0.15) is 16.5 Å². The second-order valence-corrected chi connectivity index (χ2v) is 7.17. The third-order valence-corrected chi connectivity index (χ3v) is 5.43. The molecule has 2 aromatic carbocycles. The lowest BCUT2D eigenvalue weighted by Crippen LogP contribution is -2.32. The molecule has 0 N–H and O–H groups in total. The third kappa shape index (κ3) is 3.65. The summed E-state index contributed by atoms with van der Waals surface area (Å²) in [7, 11) is -4.22. The normalized spacial score (nSPS) is 11.3. The summed E-state index contributed by atoms with van der Waals surface area (Å²) < 4.78 is 53.4. The fourth-order valence-electron chi connectivity index (χ4n) is 1.92. The zero-order valence-electron chi connectivity index (χ0n) is 11.6. The Balaban J connectivity index is 2.64. The average Bonchev–Trinajstić information content (AvgIpc) is 2.48. The number of hydrogen-bond acceptors (Lipinski definition) is 2. The van der Waals surface area contributed by atoms with E-state index in [0.29, 0.717) is 6.07 Å². The standard InChI is InChI=1S/C15H11Cl2F2NO2S/c1-2-7-20(14-6-4-11(18)9-13(14)19)23(21,22)15-8-10(16)3-5-12(15)17/h2-6,8-9H,1,7H2. The Hall–Kier alpha value is -1.63. The molecular formula is C15H11Cl2F2NO2S. The Morgan fingerprint density at radius 2 is 1.83 bits per heavy atom. The summed E-state index contributed by atoms with van der Waals surface area (Å²) in [4.78, 5) is -0.280. The molecule has 3 nitrogen and oxygen atoms in total. The molecule has 0 spiro atoms. The Morgan fingerprint density at radius 3 is 2.43 bits per heavy atom. The number of halogens is 4. The van der Waals surface area contributed by atoms with E-state index in [9.17, 15) is 17.2 Å². The topological polar surface area (TPSA) is 37.4 Å². The molecule has 0 heterocycles. The van der Waals surface area contributed by atoms with E-state index >= 15 is 0 Å². The van der Waals surface area contributed by atoms with Crippen LogP contribution in [0.25, 0.3) is 0 Å². The Kier molecular flexibility index (Phi) is 5.29. The van der Waals surface area contributed by atoms with Crippen LogP contribution in [0.5, 0.6) is 0 Å². The SMILES string of the molecule is C=CCN(c1ccc(F)cc1F)S(=O)(=O)c1cc(Cl)ccc1Cl. The van der Waals surface area contributed by atoms with E-state index in [1.54, 1.807) is 0 Å². The molecule has 0 aliphatic rings. The molecule has 0 aliphatic carbocycles. The summed E-state index contributed by atoms with van der Waals surface area (Å²) in [5.74, 6) is -1.84. The van der Waals surface area contributed by atoms with Crippen LogP contribution < -0.4 is 4.31 Å². The van der Waals surface area contributed by atoms with Crippen LogP contribution in [0.15, 0.2) is 53.9 Å². The van der Waals surface area contributed by atoms with Crippen molar-refractivity contribution in [2.24, 2.45) is 0 Å². The second-order valence-electron chi connectivity index (χ2n) is 4.50. The molecular weight excluding hydrogens is 367 g/mol. The van der Waals surface area contributed by atoms with Crippen LogP contribution in [-0.2, 0) is 10.0 Å². The number of hydrogen-bond donors (Lipinski definition) is 0. The molecule has 2 aromatic rings. The number of benzene rings is 2. The van der Waals surface area contributed by atoms with Crippen molar-refractivity contribution in [1.29, 1.82) is 0 Å². The molecule has 0 unspecified atom stereocenters. The van der Waals surface area contributed by atoms with Gasteiger partial charge in [0.15, 0.2) is 0 Å². The molecule has 0 amide bonds. The lowest BCUT2D eigenvalue weighted by atomic mass is 10.3. The van der Waals surface area contributed by atoms with E-state index < -0.39 is 21.7 Å². The largest absolute Gasteiger partial charge is 0.266 e. The maximum Gasteiger partial charge on any atom is 0.266 e. The number of rotatable bonds is 5. The van der Waals surface area contributed by atoms with Gasteiger partial charge in [0.05, 0.1) is 17.3 Å². The highest BCUT2D eigenvalue weighted by Gasteiger charge is 2.28. The molecule has 2 rings (SSSR count). The van der Waals surface area contributed by atoms with Crippen molar-refractivity contribution in [3.05, 3.63) is 70.7 Å². The van der Waals surface area contributed by atoms with Crippen LogP contribution in [0.3, 0.4) is 0 Å². The molecule has 0 fully saturated rings. The first kappa shape index (κ1) is 17.7. The van der Waals surface area contributed by atoms with Gasteiger partial charge in [-0.3, -0.25) is 4.31 Å². The van der Waals surface area contributed by atoms with Crippen molar-refractivity contribution in [3.8, 4) is 0 Å². The smallest absolute Gasteiger partial charge is 0.260 e. The van der Waals surface area contributed by atoms with Crippen LogP contribution in [0.2, 0.25) is 10.0 Å². The van der Waals surface area contributed by atoms with E-state index in [-0.39, 0.29) is 27.2 Å². The molecule has 0 aliphatic heterocycles. The molecule has 0 radical (unpaired) electrons. The average molecular weight is 378 g/mol. The monoisotopic (exact) mass is 377 g/mol. The molecule has 0 atom stereocenters. The molecule has 23 heavy (non-hydrogen) atoms. The minimum absolute atomic E-state index is 0.0639. The summed E-state index contributed by atoms with van der Waals surface area (Å²) in [6.45, 7) is 3.23. The fourth-order valence-corrected chi connectivity index (χ4v) is 4.10. The van der Waals surface area contributed by atoms with Crippen molar-refractivity contribution in [2.75, 3.05) is 10.8 Å². The predicted molar refractivity (Wildman–Crippen MR) is 87.5 cm³/mol. The Labute approximate surface area is 142 Å². The van der Waals surface area contributed by atoms with Gasteiger partial charge in [-0.15, -0.1) is 6.58 Å². The summed E-state index contributed by atoms with van der Waals surface area (Å²) in [5.41, 5.74) is -0.317. The van der Waals surface area contributed by atoms with E-state index in [2.05, 4.69) is 6.58 Å². The lowest BCUT2D eigenvalue weighted by molar-refractivity contribution is 0.575. The summed E-state index contributed by atoms with van der Waals surface area (Å²) in [6, 6.07) is 6.51. The Bertz CT molecular complexity index is 857. The summed E-state index contributed by atoms with van der Waals surface area (Å²) >= 11 is 11.8. The first-order valence-corrected chi connectivity index (χ1v) is 8.50. The van der Waals surface area contributed by atoms with E-state index in [0.717, 1.165) is 22.5 Å². The fraction of sp³-hybridized carbons (Fsp3) is 0.0667. The van der Waals surface area contributed by atoms with Crippen molar-refractivity contribution in [2.45, 2.75) is 4.90 Å². The first-order valence-electron chi connectivity index (χ1n) is 6.31. The highest BCUT2D eigenvalue weighted by Crippen LogP contribution is 2.32. The minimum atomic E-state index is -4.22. The van der Waals surface area contributed by atoms with Crippen LogP contribution in [-0.4, -0.2) is 15.0 Å². The van der Waals surface area contributed by atoms with Gasteiger partial charge in [-0.25, -0.2) is 17.2 Å². The van der Waals surface area contributed by atoms with Gasteiger partial charge in [0, 0.05) is 11.1 Å². The van der Waals surface area contributed by atoms with Crippen LogP contribution in [0.1, 0.15) is 0 Å². The van der Waals surface area contributed by atoms with Gasteiger partial charge >= 0.3 is 0 Å². The van der Waals surface area contributed by atoms with Gasteiger partial charge in [-0.05, 0) is 30.3 Å². The van der Waals surface area contributed by atoms with Crippen LogP contribution in [0, 0.1) is 11.6 Å². The molecule has 0 bridgehead atoms. The number of sulfonamides is 1. The number of nitrogens with zero attached hydrogens (tertiary/aromatic N) is 1. The third-order valence-electron chi connectivity index (χ3n) is 2.93. The maximum atomic E-state index is 14.0. The second kappa shape index (κ2) is 6.86. The number of anilines is 1. The van der Waals surface area contributed by atoms with Gasteiger partial charge in [-0.2, -0.15) is 0 Å². The van der Waals surface area contributed by atoms with Gasteiger partial charge < -0.3 is 0 Å². The Morgan fingerprint density at radius 1 is 1.13 bits per heavy atom. The van der Waals surface area contributed by atoms with Crippen molar-refractivity contribution in [3.63, 3.8) is 0 Å². The molecule has 0 saturated carbocycles. The summed E-state index contributed by atoms with van der Waals surface area (Å²) in [5, 5.41) is 0.0945. The minimum Gasteiger partial charge on any atom is -0.260 e. The highest BCUT2D eigenvalue weighted by molar-refractivity contribution is 7.93. The zero-order valence-corrected chi connectivity index (χ0v) is 14.0. The first-order chi connectivity index (χ1) is 10.8. The molecule has 8 heteroatoms. The van der Waals surface area contributed by atoms with Crippen molar-refractivity contribution in [1.82, 2.24) is 0 Å². The molecule has 0 saturated heterocycles. The van der Waals surface area contributed by atoms with E-state index in [1.807, 2.05) is 0 Å². The van der Waals surface area contributed by atoms with Crippen LogP contribution >= 0.6 is 23.2 Å². The molecule has 122 valence electrons. The maximum absolute atomic E-state index is 14.0. The van der Waals surface area contributed by atoms with Gasteiger partial charge in [0.25, 0.3) is 10.0 Å². The lowest BCUT2D eigenvalue weighted by Gasteiger charge is -2.24. The van der Waals surface area contributed by atoms with Crippen molar-refractivity contribution < 1.29 is 17.2 Å². The van der Waals surface area contributed by atoms with Gasteiger partial charge in [-0.1, -0.05) is 29.3 Å². The quantitative estimate of drug-likeness (QED) is 0.711.